The second kappa shape index (κ2) is 6.31. The smallest absolute Gasteiger partial charge is 0.0603 e. The summed E-state index contributed by atoms with van der Waals surface area (Å²) in [5, 5.41) is 0. The summed E-state index contributed by atoms with van der Waals surface area (Å²) in [6.07, 6.45) is 2.69. The molecule has 0 N–H and O–H groups in total. The Labute approximate surface area is 83.6 Å². The average molecular weight is 199 g/mol. The van der Waals surface area contributed by atoms with Crippen LogP contribution in [0.4, 0.5) is 0 Å². The normalized spacial score (nSPS) is 13.4. The van der Waals surface area contributed by atoms with Crippen LogP contribution in [0.3, 0.4) is 0 Å². The number of allylic oxidation sites excluding steroid dienone is 2. The zero-order valence-electron chi connectivity index (χ0n) is 7.83. The van der Waals surface area contributed by atoms with Crippen LogP contribution in [-0.4, -0.2) is 39.9 Å². The van der Waals surface area contributed by atoms with Crippen LogP contribution in [0, 0.1) is 0 Å². The van der Waals surface area contributed by atoms with Crippen LogP contribution in [0.2, 0.25) is 0 Å². The van der Waals surface area contributed by atoms with Gasteiger partial charge in [0.2, 0.25) is 0 Å². The van der Waals surface area contributed by atoms with E-state index in [9.17, 15) is 0 Å². The first-order valence-electron chi connectivity index (χ1n) is 3.77. The fourth-order valence-corrected chi connectivity index (χ4v) is 1.17. The molecule has 4 heteroatoms. The third-order valence-electron chi connectivity index (χ3n) is 1.56. The quantitative estimate of drug-likeness (QED) is 0.312. The maximum atomic E-state index is 4.18. The Kier molecular flexibility index (Phi) is 6.19. The van der Waals surface area contributed by atoms with Gasteiger partial charge in [0.05, 0.1) is 16.1 Å². The molecule has 0 saturated heterocycles. The molecule has 0 spiro atoms. The molecule has 0 bridgehead atoms. The molecule has 12 heavy (non-hydrogen) atoms. The first-order chi connectivity index (χ1) is 5.61. The van der Waals surface area contributed by atoms with Crippen molar-refractivity contribution < 1.29 is 0 Å². The van der Waals surface area contributed by atoms with Gasteiger partial charge in [0.15, 0.2) is 0 Å². The number of aliphatic imine (C=N–C) groups is 1. The number of nitrogens with zero attached hydrogens (tertiary/aromatic N) is 2. The van der Waals surface area contributed by atoms with Crippen LogP contribution < -0.4 is 0 Å². The minimum atomic E-state index is 0.653. The van der Waals surface area contributed by atoms with Gasteiger partial charge < -0.3 is 4.90 Å². The van der Waals surface area contributed by atoms with Crippen molar-refractivity contribution in [2.45, 2.75) is 13.8 Å². The Morgan fingerprint density at radius 3 is 2.58 bits per heavy atom. The Morgan fingerprint density at radius 2 is 2.17 bits per heavy atom. The van der Waals surface area contributed by atoms with Gasteiger partial charge in [-0.3, -0.25) is 4.99 Å². The van der Waals surface area contributed by atoms with Crippen LogP contribution in [0.1, 0.15) is 13.8 Å². The van der Waals surface area contributed by atoms with E-state index in [-0.39, 0.29) is 0 Å². The molecular formula is C8H15N2SSi. The van der Waals surface area contributed by atoms with Crippen molar-refractivity contribution >= 4 is 28.6 Å². The largest absolute Gasteiger partial charge is 0.369 e. The average Bonchev–Trinajstić information content (AvgIpc) is 2.03. The van der Waals surface area contributed by atoms with Gasteiger partial charge >= 0.3 is 0 Å². The summed E-state index contributed by atoms with van der Waals surface area (Å²) in [5.41, 5.74) is 2.20. The van der Waals surface area contributed by atoms with Crippen LogP contribution in [0.5, 0.6) is 0 Å². The third kappa shape index (κ3) is 4.61. The van der Waals surface area contributed by atoms with Crippen molar-refractivity contribution in [1.29, 1.82) is 0 Å². The Balaban J connectivity index is 4.24. The van der Waals surface area contributed by atoms with Crippen LogP contribution in [-0.2, 0) is 0 Å². The lowest BCUT2D eigenvalue weighted by Crippen LogP contribution is -2.14. The molecule has 0 aromatic heterocycles. The van der Waals surface area contributed by atoms with E-state index in [1.54, 1.807) is 0 Å². The standard InChI is InChI=1S/C8H15N2SSi/c1-7(9-5-12)4-8(2)10(3)6-11/h4,11H,5-6H2,1-3H3/b8-4-,9-7+. The maximum absolute atomic E-state index is 4.18. The molecule has 0 aliphatic heterocycles. The topological polar surface area (TPSA) is 15.6 Å². The minimum Gasteiger partial charge on any atom is -0.369 e. The molecule has 0 saturated carbocycles. The van der Waals surface area contributed by atoms with Crippen molar-refractivity contribution in [2.24, 2.45) is 4.99 Å². The van der Waals surface area contributed by atoms with E-state index in [0.29, 0.717) is 6.17 Å². The van der Waals surface area contributed by atoms with E-state index >= 15 is 0 Å². The second-order valence-corrected chi connectivity index (χ2v) is 3.18. The highest BCUT2D eigenvalue weighted by Crippen LogP contribution is 2.00. The molecule has 67 valence electrons. The molecule has 0 aromatic rings. The van der Waals surface area contributed by atoms with Gasteiger partial charge in [-0.25, -0.2) is 0 Å². The SMILES string of the molecule is C/C(=C/C(C)=N/C[Si])N(C)CS. The molecular weight excluding hydrogens is 184 g/mol. The lowest BCUT2D eigenvalue weighted by Gasteiger charge is -2.16. The fraction of sp³-hybridized carbons (Fsp3) is 0.625. The lowest BCUT2D eigenvalue weighted by atomic mass is 10.3. The molecule has 0 unspecified atom stereocenters. The molecule has 0 atom stereocenters. The van der Waals surface area contributed by atoms with Gasteiger partial charge in [0.25, 0.3) is 0 Å². The highest BCUT2D eigenvalue weighted by molar-refractivity contribution is 7.80. The molecule has 3 radical (unpaired) electrons. The summed E-state index contributed by atoms with van der Waals surface area (Å²) in [7, 11) is 5.29. The van der Waals surface area contributed by atoms with E-state index in [2.05, 4.69) is 32.8 Å². The highest BCUT2D eigenvalue weighted by Gasteiger charge is 1.95. The van der Waals surface area contributed by atoms with E-state index in [4.69, 9.17) is 0 Å². The van der Waals surface area contributed by atoms with E-state index in [1.807, 2.05) is 27.0 Å². The summed E-state index contributed by atoms with van der Waals surface area (Å²) < 4.78 is 0. The summed E-state index contributed by atoms with van der Waals surface area (Å²) >= 11 is 4.17. The molecule has 2 nitrogen and oxygen atoms in total. The van der Waals surface area contributed by atoms with Crippen molar-refractivity contribution in [3.8, 4) is 0 Å². The molecule has 0 fully saturated rings. The van der Waals surface area contributed by atoms with E-state index in [1.165, 1.54) is 5.70 Å². The van der Waals surface area contributed by atoms with Crippen LogP contribution in [0.25, 0.3) is 0 Å². The summed E-state index contributed by atoms with van der Waals surface area (Å²) in [4.78, 5) is 6.23. The van der Waals surface area contributed by atoms with Gasteiger partial charge in [-0.15, -0.1) is 0 Å². The molecule has 0 rings (SSSR count). The number of hydrogen-bond acceptors (Lipinski definition) is 3. The summed E-state index contributed by atoms with van der Waals surface area (Å²) in [6.45, 7) is 4.03. The van der Waals surface area contributed by atoms with Gasteiger partial charge in [-0.2, -0.15) is 12.6 Å². The van der Waals surface area contributed by atoms with Crippen molar-refractivity contribution in [3.63, 3.8) is 0 Å². The third-order valence-corrected chi connectivity index (χ3v) is 2.14. The van der Waals surface area contributed by atoms with Gasteiger partial charge in [0.1, 0.15) is 0 Å². The van der Waals surface area contributed by atoms with Crippen molar-refractivity contribution in [1.82, 2.24) is 4.90 Å². The Hall–Kier alpha value is -0.223. The predicted molar refractivity (Wildman–Crippen MR) is 59.1 cm³/mol. The second-order valence-electron chi connectivity index (χ2n) is 2.58. The van der Waals surface area contributed by atoms with Gasteiger partial charge in [-0.05, 0) is 19.9 Å². The lowest BCUT2D eigenvalue weighted by molar-refractivity contribution is 0.496. The Bertz CT molecular complexity index is 189. The highest BCUT2D eigenvalue weighted by atomic mass is 32.1. The van der Waals surface area contributed by atoms with Crippen molar-refractivity contribution in [3.05, 3.63) is 11.8 Å². The zero-order valence-corrected chi connectivity index (χ0v) is 9.73. The zero-order chi connectivity index (χ0) is 9.56. The van der Waals surface area contributed by atoms with Gasteiger partial charge in [-0.1, -0.05) is 0 Å². The number of thiol groups is 1. The Morgan fingerprint density at radius 1 is 1.58 bits per heavy atom. The molecule has 0 aliphatic rings. The predicted octanol–water partition coefficient (Wildman–Crippen LogP) is 1.30. The molecule has 0 aromatic carbocycles. The minimum absolute atomic E-state index is 0.653. The van der Waals surface area contributed by atoms with E-state index < -0.39 is 0 Å². The fourth-order valence-electron chi connectivity index (χ4n) is 0.694. The molecule has 0 aliphatic carbocycles. The number of hydrogen-bond donors (Lipinski definition) is 1. The summed E-state index contributed by atoms with van der Waals surface area (Å²) in [6, 6.07) is 0. The number of rotatable bonds is 4. The molecule has 0 amide bonds. The molecule has 0 heterocycles. The first kappa shape index (κ1) is 11.8. The summed E-state index contributed by atoms with van der Waals surface area (Å²) in [5.74, 6) is 0.726. The van der Waals surface area contributed by atoms with Crippen LogP contribution >= 0.6 is 12.6 Å². The van der Waals surface area contributed by atoms with Gasteiger partial charge in [0, 0.05) is 24.6 Å². The monoisotopic (exact) mass is 199 g/mol. The van der Waals surface area contributed by atoms with Crippen LogP contribution in [0.15, 0.2) is 16.8 Å². The van der Waals surface area contributed by atoms with E-state index in [0.717, 1.165) is 11.6 Å². The van der Waals surface area contributed by atoms with Crippen molar-refractivity contribution in [2.75, 3.05) is 19.1 Å². The first-order valence-corrected chi connectivity index (χ1v) is 5.11. The maximum Gasteiger partial charge on any atom is 0.0603 e.